The van der Waals surface area contributed by atoms with Gasteiger partial charge in [-0.25, -0.2) is 9.66 Å². The Morgan fingerprint density at radius 2 is 1.84 bits per heavy atom. The summed E-state index contributed by atoms with van der Waals surface area (Å²) in [4.78, 5) is 4.51. The summed E-state index contributed by atoms with van der Waals surface area (Å²) in [6, 6.07) is 11.8. The third-order valence-electron chi connectivity index (χ3n) is 4.57. The Morgan fingerprint density at radius 3 is 2.64 bits per heavy atom. The van der Waals surface area contributed by atoms with Gasteiger partial charge >= 0.3 is 0 Å². The van der Waals surface area contributed by atoms with Crippen LogP contribution in [0.15, 0.2) is 47.7 Å². The minimum absolute atomic E-state index is 0.250. The first-order chi connectivity index (χ1) is 12.2. The molecular formula is C19H16N4O2. The van der Waals surface area contributed by atoms with Gasteiger partial charge in [0.05, 0.1) is 17.6 Å². The molecule has 0 aliphatic carbocycles. The molecular weight excluding hydrogens is 316 g/mol. The third-order valence-corrected chi connectivity index (χ3v) is 4.57. The lowest BCUT2D eigenvalue weighted by Crippen LogP contribution is -2.07. The lowest BCUT2D eigenvalue weighted by atomic mass is 9.95. The van der Waals surface area contributed by atoms with E-state index in [4.69, 9.17) is 20.3 Å². The molecule has 0 fully saturated rings. The van der Waals surface area contributed by atoms with Crippen molar-refractivity contribution in [1.29, 1.82) is 0 Å². The van der Waals surface area contributed by atoms with E-state index in [1.807, 2.05) is 54.2 Å². The fourth-order valence-electron chi connectivity index (χ4n) is 3.27. The number of hydrogen-bond donors (Lipinski definition) is 1. The number of fused-ring (bicyclic) bond motifs is 3. The molecule has 3 heterocycles. The van der Waals surface area contributed by atoms with Gasteiger partial charge in [-0.2, -0.15) is 5.10 Å². The van der Waals surface area contributed by atoms with Crippen molar-refractivity contribution >= 4 is 11.4 Å². The molecule has 3 aromatic rings. The number of aromatic nitrogens is 2. The number of imidazole rings is 1. The van der Waals surface area contributed by atoms with Gasteiger partial charge in [0.25, 0.3) is 0 Å². The van der Waals surface area contributed by atoms with Gasteiger partial charge in [-0.1, -0.05) is 12.1 Å². The Labute approximate surface area is 144 Å². The molecule has 0 radical (unpaired) electrons. The molecule has 0 spiro atoms. The first-order valence-corrected chi connectivity index (χ1v) is 8.10. The van der Waals surface area contributed by atoms with Gasteiger partial charge in [-0.3, -0.25) is 0 Å². The number of aryl methyl sites for hydroxylation is 1. The third kappa shape index (κ3) is 2.18. The van der Waals surface area contributed by atoms with E-state index < -0.39 is 0 Å². The minimum atomic E-state index is 0.250. The Morgan fingerprint density at radius 1 is 1.08 bits per heavy atom. The molecule has 0 saturated heterocycles. The lowest BCUT2D eigenvalue weighted by molar-refractivity contribution is 0.174. The molecule has 0 atom stereocenters. The largest absolute Gasteiger partial charge is 0.454 e. The molecule has 2 aromatic carbocycles. The van der Waals surface area contributed by atoms with Gasteiger partial charge in [0, 0.05) is 23.2 Å². The summed E-state index contributed by atoms with van der Waals surface area (Å²) < 4.78 is 13.0. The van der Waals surface area contributed by atoms with Crippen molar-refractivity contribution in [3.8, 4) is 11.5 Å². The molecule has 1 aromatic heterocycles. The molecule has 6 heteroatoms. The molecule has 124 valence electrons. The smallest absolute Gasteiger partial charge is 0.231 e. The van der Waals surface area contributed by atoms with E-state index in [1.54, 1.807) is 0 Å². The molecule has 2 aliphatic rings. The Balaban J connectivity index is 1.78. The van der Waals surface area contributed by atoms with Gasteiger partial charge < -0.3 is 15.2 Å². The van der Waals surface area contributed by atoms with E-state index >= 15 is 0 Å². The Kier molecular flexibility index (Phi) is 2.88. The van der Waals surface area contributed by atoms with Gasteiger partial charge in [0.15, 0.2) is 11.5 Å². The average molecular weight is 332 g/mol. The van der Waals surface area contributed by atoms with Crippen molar-refractivity contribution in [3.63, 3.8) is 0 Å². The molecule has 5 rings (SSSR count). The first kappa shape index (κ1) is 14.1. The van der Waals surface area contributed by atoms with Crippen molar-refractivity contribution < 1.29 is 9.47 Å². The monoisotopic (exact) mass is 332 g/mol. The fraction of sp³-hybridized carbons (Fsp3) is 0.158. The van der Waals surface area contributed by atoms with Crippen molar-refractivity contribution in [3.05, 3.63) is 70.8 Å². The molecule has 2 aliphatic heterocycles. The number of benzene rings is 2. The van der Waals surface area contributed by atoms with Gasteiger partial charge in [0.1, 0.15) is 5.82 Å². The van der Waals surface area contributed by atoms with E-state index in [1.165, 1.54) is 0 Å². The van der Waals surface area contributed by atoms with E-state index in [-0.39, 0.29) is 6.79 Å². The van der Waals surface area contributed by atoms with Gasteiger partial charge in [-0.15, -0.1) is 0 Å². The second kappa shape index (κ2) is 5.11. The van der Waals surface area contributed by atoms with Crippen molar-refractivity contribution in [2.45, 2.75) is 13.3 Å². The number of nitrogens with two attached hydrogens (primary N) is 1. The van der Waals surface area contributed by atoms with Gasteiger partial charge in [0.2, 0.25) is 6.79 Å². The summed E-state index contributed by atoms with van der Waals surface area (Å²) in [5.41, 5.74) is 11.6. The number of nitrogen functional groups attached to an aromatic ring is 1. The van der Waals surface area contributed by atoms with Crippen LogP contribution in [0, 0.1) is 6.92 Å². The molecule has 0 amide bonds. The maximum absolute atomic E-state index is 5.85. The van der Waals surface area contributed by atoms with Crippen LogP contribution in [-0.2, 0) is 6.42 Å². The highest BCUT2D eigenvalue weighted by Crippen LogP contribution is 2.37. The second-order valence-electron chi connectivity index (χ2n) is 6.24. The standard InChI is InChI=1S/C19H16N4O2/c1-11-9-21-18-7-13-6-16-17(25-10-24-16)8-15(13)19(22-23(11)18)12-2-4-14(20)5-3-12/h2-6,8-9H,7,10,20H2,1H3. The second-order valence-corrected chi connectivity index (χ2v) is 6.24. The van der Waals surface area contributed by atoms with Crippen LogP contribution in [0.25, 0.3) is 0 Å². The normalized spacial score (nSPS) is 14.5. The average Bonchev–Trinajstić information content (AvgIpc) is 3.16. The highest BCUT2D eigenvalue weighted by Gasteiger charge is 2.25. The summed E-state index contributed by atoms with van der Waals surface area (Å²) in [5, 5.41) is 4.90. The molecule has 6 nitrogen and oxygen atoms in total. The maximum atomic E-state index is 5.85. The van der Waals surface area contributed by atoms with Crippen LogP contribution in [0.5, 0.6) is 11.5 Å². The number of ether oxygens (including phenoxy) is 2. The van der Waals surface area contributed by atoms with Crippen LogP contribution < -0.4 is 15.2 Å². The predicted octanol–water partition coefficient (Wildman–Crippen LogP) is 2.71. The minimum Gasteiger partial charge on any atom is -0.454 e. The van der Waals surface area contributed by atoms with Crippen LogP contribution >= 0.6 is 0 Å². The first-order valence-electron chi connectivity index (χ1n) is 8.10. The number of hydrogen-bond acceptors (Lipinski definition) is 5. The number of anilines is 1. The van der Waals surface area contributed by atoms with Crippen molar-refractivity contribution in [1.82, 2.24) is 9.66 Å². The highest BCUT2D eigenvalue weighted by atomic mass is 16.7. The number of rotatable bonds is 1. The van der Waals surface area contributed by atoms with Crippen molar-refractivity contribution in [2.24, 2.45) is 5.10 Å². The van der Waals surface area contributed by atoms with E-state index in [0.29, 0.717) is 6.42 Å². The van der Waals surface area contributed by atoms with E-state index in [2.05, 4.69) is 4.98 Å². The predicted molar refractivity (Wildman–Crippen MR) is 94.2 cm³/mol. The van der Waals surface area contributed by atoms with Crippen LogP contribution in [-0.4, -0.2) is 22.2 Å². The molecule has 25 heavy (non-hydrogen) atoms. The van der Waals surface area contributed by atoms with Crippen molar-refractivity contribution in [2.75, 3.05) is 12.5 Å². The summed E-state index contributed by atoms with van der Waals surface area (Å²) in [6.07, 6.45) is 2.53. The van der Waals surface area contributed by atoms with E-state index in [9.17, 15) is 0 Å². The highest BCUT2D eigenvalue weighted by molar-refractivity contribution is 6.14. The zero-order chi connectivity index (χ0) is 17.0. The summed E-state index contributed by atoms with van der Waals surface area (Å²) in [7, 11) is 0. The quantitative estimate of drug-likeness (QED) is 0.544. The van der Waals surface area contributed by atoms with Crippen LogP contribution in [0.3, 0.4) is 0 Å². The van der Waals surface area contributed by atoms with E-state index in [0.717, 1.165) is 51.1 Å². The topological polar surface area (TPSA) is 74.7 Å². The van der Waals surface area contributed by atoms with Crippen LogP contribution in [0.1, 0.15) is 28.2 Å². The summed E-state index contributed by atoms with van der Waals surface area (Å²) >= 11 is 0. The molecule has 2 N–H and O–H groups in total. The number of nitrogens with zero attached hydrogens (tertiary/aromatic N) is 3. The zero-order valence-electron chi connectivity index (χ0n) is 13.7. The zero-order valence-corrected chi connectivity index (χ0v) is 13.7. The summed E-state index contributed by atoms with van der Waals surface area (Å²) in [5.74, 6) is 2.42. The molecule has 0 unspecified atom stereocenters. The van der Waals surface area contributed by atoms with Gasteiger partial charge in [-0.05, 0) is 36.8 Å². The summed E-state index contributed by atoms with van der Waals surface area (Å²) in [6.45, 7) is 2.25. The molecule has 0 saturated carbocycles. The Bertz CT molecular complexity index is 1020. The SMILES string of the molecule is Cc1cnc2n1N=C(c1ccc(N)cc1)c1cc3c(cc1C2)OCO3. The van der Waals surface area contributed by atoms with Crippen LogP contribution in [0.2, 0.25) is 0 Å². The maximum Gasteiger partial charge on any atom is 0.231 e. The Hall–Kier alpha value is -3.28. The molecule has 0 bridgehead atoms. The fourth-order valence-corrected chi connectivity index (χ4v) is 3.27. The lowest BCUT2D eigenvalue weighted by Gasteiger charge is -2.11. The van der Waals surface area contributed by atoms with Crippen LogP contribution in [0.4, 0.5) is 5.69 Å².